The van der Waals surface area contributed by atoms with Crippen molar-refractivity contribution in [1.29, 1.82) is 0 Å². The first kappa shape index (κ1) is 57.3. The van der Waals surface area contributed by atoms with E-state index in [0.29, 0.717) is 83.7 Å². The molecule has 1 N–H and O–H groups in total. The molecule has 0 saturated heterocycles. The normalized spacial score (nSPS) is 18.5. The lowest BCUT2D eigenvalue weighted by Crippen LogP contribution is -2.50. The van der Waals surface area contributed by atoms with E-state index >= 15 is 0 Å². The SMILES string of the molecule is CCN1c2cc3c(cc2C(C)CC1(C)C)C(c1ccccc1C(=O)N(C)CCCC(=O)NCCOCCOCCOCCOc1ccc(-c2nnc(C)c4c2CCCC(OC)C4)cc1)=c1cc2c4c(c1C3(C)C)CCC[N+]=4CCC2. The Kier molecular flexibility index (Phi) is 17.9. The Hall–Kier alpha value is -5.99. The fourth-order valence-corrected chi connectivity index (χ4v) is 14.1. The molecule has 0 spiro atoms. The highest BCUT2D eigenvalue weighted by atomic mass is 16.6. The lowest BCUT2D eigenvalue weighted by Gasteiger charge is -2.48. The number of carbonyl (C=O) groups excluding carboxylic acids is 2. The zero-order chi connectivity index (χ0) is 56.1. The maximum Gasteiger partial charge on any atom is 0.254 e. The smallest absolute Gasteiger partial charge is 0.254 e. The standard InChI is InChI=1S/C67H86N6O7/c1-10-73-59-42-58-56(41-54(59)44(2)43-66(73,4)5)61(57-39-47-17-14-30-72-31-15-22-53(64(47)72)62(57)67(58,6)7)50-19-11-12-20-52(50)65(75)71(8)29-16-23-60(74)68-28-32-77-33-34-78-35-36-79-37-38-80-48-26-24-46(25-27-48)63-51-21-13-18-49(76-9)40-55(51)45(3)69-70-63/h11-12,19-20,24-27,39,41-42,44,49H,10,13-18,21-23,28-38,40,43H2,1-9H3/p+1. The molecular weight excluding hydrogens is 1000 g/mol. The van der Waals surface area contributed by atoms with Gasteiger partial charge in [-0.1, -0.05) is 39.0 Å². The monoisotopic (exact) mass is 1090 g/mol. The summed E-state index contributed by atoms with van der Waals surface area (Å²) in [5.41, 5.74) is 17.9. The van der Waals surface area contributed by atoms with Crippen LogP contribution < -0.4 is 30.1 Å². The van der Waals surface area contributed by atoms with Crippen molar-refractivity contribution in [3.8, 4) is 17.0 Å². The van der Waals surface area contributed by atoms with Crippen molar-refractivity contribution in [3.63, 3.8) is 0 Å². The number of benzene rings is 4. The number of amides is 2. The summed E-state index contributed by atoms with van der Waals surface area (Å²) in [6.07, 6.45) is 10.6. The number of rotatable bonds is 22. The van der Waals surface area contributed by atoms with Gasteiger partial charge in [-0.15, -0.1) is 5.10 Å². The van der Waals surface area contributed by atoms with E-state index in [-0.39, 0.29) is 28.9 Å². The fraction of sp³-hybridized carbons (Fsp3) is 0.537. The van der Waals surface area contributed by atoms with Crippen molar-refractivity contribution < 1.29 is 33.3 Å². The Balaban J connectivity index is 0.681. The Labute approximate surface area is 475 Å². The number of hydrogen-bond acceptors (Lipinski definition) is 10. The van der Waals surface area contributed by atoms with Crippen LogP contribution in [0.2, 0.25) is 0 Å². The second-order valence-corrected chi connectivity index (χ2v) is 24.1. The number of methoxy groups -OCH3 is 1. The van der Waals surface area contributed by atoms with Crippen molar-refractivity contribution in [2.75, 3.05) is 98.0 Å². The number of aryl methyl sites for hydroxylation is 2. The van der Waals surface area contributed by atoms with E-state index in [1.807, 2.05) is 38.2 Å². The summed E-state index contributed by atoms with van der Waals surface area (Å²) in [7, 11) is 3.66. The van der Waals surface area contributed by atoms with Crippen LogP contribution in [-0.4, -0.2) is 132 Å². The van der Waals surface area contributed by atoms with Gasteiger partial charge in [0.15, 0.2) is 0 Å². The highest BCUT2D eigenvalue weighted by Gasteiger charge is 2.43. The molecule has 5 aliphatic rings. The topological polar surface area (TPSA) is 128 Å². The molecule has 3 aliphatic heterocycles. The molecule has 4 heterocycles. The largest absolute Gasteiger partial charge is 0.491 e. The number of carbonyl (C=O) groups is 2. The zero-order valence-corrected chi connectivity index (χ0v) is 49.4. The lowest BCUT2D eigenvalue weighted by molar-refractivity contribution is -0.121. The summed E-state index contributed by atoms with van der Waals surface area (Å²) < 4.78 is 31.5. The molecule has 1 aromatic heterocycles. The summed E-state index contributed by atoms with van der Waals surface area (Å²) in [5.74, 6) is 1.08. The van der Waals surface area contributed by atoms with Gasteiger partial charge in [0.25, 0.3) is 5.91 Å². The average Bonchev–Trinajstić information content (AvgIpc) is 3.54. The third-order valence-electron chi connectivity index (χ3n) is 17.9. The Morgan fingerprint density at radius 3 is 2.29 bits per heavy atom. The number of nitrogens with one attached hydrogen (secondary N) is 1. The van der Waals surface area contributed by atoms with Crippen molar-refractivity contribution in [3.05, 3.63) is 139 Å². The van der Waals surface area contributed by atoms with Gasteiger partial charge in [0, 0.05) is 98.4 Å². The number of hydrogen-bond donors (Lipinski definition) is 1. The van der Waals surface area contributed by atoms with Gasteiger partial charge in [0.05, 0.1) is 57.1 Å². The van der Waals surface area contributed by atoms with Crippen LogP contribution in [-0.2, 0) is 54.8 Å². The molecule has 0 radical (unpaired) electrons. The highest BCUT2D eigenvalue weighted by molar-refractivity contribution is 6.02. The second kappa shape index (κ2) is 25.0. The van der Waals surface area contributed by atoms with Crippen LogP contribution >= 0.6 is 0 Å². The van der Waals surface area contributed by atoms with Crippen molar-refractivity contribution in [1.82, 2.24) is 25.0 Å². The van der Waals surface area contributed by atoms with Gasteiger partial charge < -0.3 is 38.8 Å². The van der Waals surface area contributed by atoms with Crippen LogP contribution in [0.25, 0.3) is 16.8 Å². The van der Waals surface area contributed by atoms with Gasteiger partial charge in [0.1, 0.15) is 25.4 Å². The molecule has 10 rings (SSSR count). The van der Waals surface area contributed by atoms with Crippen LogP contribution in [0, 0.1) is 6.92 Å². The van der Waals surface area contributed by atoms with Gasteiger partial charge in [-0.05, 0) is 177 Å². The third kappa shape index (κ3) is 11.9. The van der Waals surface area contributed by atoms with Crippen LogP contribution in [0.4, 0.5) is 5.69 Å². The van der Waals surface area contributed by atoms with Crippen LogP contribution in [0.15, 0.2) is 66.7 Å². The van der Waals surface area contributed by atoms with E-state index < -0.39 is 0 Å². The van der Waals surface area contributed by atoms with E-state index in [0.717, 1.165) is 106 Å². The first-order valence-corrected chi connectivity index (χ1v) is 29.9. The first-order chi connectivity index (χ1) is 38.7. The Morgan fingerprint density at radius 1 is 0.825 bits per heavy atom. The molecule has 0 fully saturated rings. The van der Waals surface area contributed by atoms with Crippen LogP contribution in [0.1, 0.15) is 159 Å². The van der Waals surface area contributed by atoms with E-state index in [9.17, 15) is 9.59 Å². The molecule has 4 aromatic carbocycles. The summed E-state index contributed by atoms with van der Waals surface area (Å²) in [4.78, 5) is 32.2. The first-order valence-electron chi connectivity index (χ1n) is 29.9. The fourth-order valence-electron chi connectivity index (χ4n) is 14.1. The number of fused-ring (bicyclic) bond motifs is 5. The summed E-state index contributed by atoms with van der Waals surface area (Å²) in [6, 6.07) is 23.9. The van der Waals surface area contributed by atoms with E-state index in [2.05, 4.69) is 109 Å². The Bertz CT molecular complexity index is 3200. The molecule has 13 heteroatoms. The molecular formula is C67H87N6O7+. The summed E-state index contributed by atoms with van der Waals surface area (Å²) >= 11 is 0. The summed E-state index contributed by atoms with van der Waals surface area (Å²) in [5, 5.41) is 14.8. The quantitative estimate of drug-likeness (QED) is 0.0408. The zero-order valence-electron chi connectivity index (χ0n) is 49.4. The van der Waals surface area contributed by atoms with Gasteiger partial charge >= 0.3 is 0 Å². The van der Waals surface area contributed by atoms with E-state index in [4.69, 9.17) is 23.7 Å². The lowest BCUT2D eigenvalue weighted by atomic mass is 9.64. The predicted molar refractivity (Wildman–Crippen MR) is 317 cm³/mol. The molecule has 0 bridgehead atoms. The molecule has 2 unspecified atom stereocenters. The maximum absolute atomic E-state index is 14.8. The predicted octanol–water partition coefficient (Wildman–Crippen LogP) is 8.83. The van der Waals surface area contributed by atoms with Gasteiger partial charge in [-0.25, -0.2) is 4.58 Å². The number of ether oxygens (including phenoxy) is 5. The molecule has 5 aromatic rings. The summed E-state index contributed by atoms with van der Waals surface area (Å²) in [6.45, 7) is 23.5. The molecule has 2 amide bonds. The minimum Gasteiger partial charge on any atom is -0.491 e. The van der Waals surface area contributed by atoms with Crippen molar-refractivity contribution in [2.24, 2.45) is 0 Å². The number of anilines is 1. The van der Waals surface area contributed by atoms with Crippen molar-refractivity contribution >= 4 is 23.1 Å². The average molecular weight is 1090 g/mol. The molecule has 2 aliphatic carbocycles. The van der Waals surface area contributed by atoms with Crippen LogP contribution in [0.3, 0.4) is 0 Å². The van der Waals surface area contributed by atoms with Gasteiger partial charge in [-0.3, -0.25) is 9.59 Å². The minimum atomic E-state index is -0.254. The molecule has 2 atom stereocenters. The van der Waals surface area contributed by atoms with E-state index in [1.54, 1.807) is 12.0 Å². The van der Waals surface area contributed by atoms with Crippen LogP contribution in [0.5, 0.6) is 5.75 Å². The molecule has 426 valence electrons. The second-order valence-electron chi connectivity index (χ2n) is 24.1. The third-order valence-corrected chi connectivity index (χ3v) is 17.9. The van der Waals surface area contributed by atoms with E-state index in [1.165, 1.54) is 66.3 Å². The maximum atomic E-state index is 14.8. The van der Waals surface area contributed by atoms with Crippen molar-refractivity contribution in [2.45, 2.75) is 142 Å². The molecule has 80 heavy (non-hydrogen) atoms. The van der Waals surface area contributed by atoms with Gasteiger partial charge in [0.2, 0.25) is 11.3 Å². The molecule has 13 nitrogen and oxygen atoms in total. The Morgan fingerprint density at radius 2 is 1.54 bits per heavy atom. The van der Waals surface area contributed by atoms with Gasteiger partial charge in [-0.2, -0.15) is 5.10 Å². The number of nitrogens with zero attached hydrogens (tertiary/aromatic N) is 5. The molecule has 0 saturated carbocycles. The highest BCUT2D eigenvalue weighted by Crippen LogP contribution is 2.50. The minimum absolute atomic E-state index is 0.0316. The number of aromatic nitrogens is 2.